The average Bonchev–Trinajstić information content (AvgIpc) is 2.90. The maximum atomic E-state index is 11.3. The Labute approximate surface area is 115 Å². The van der Waals surface area contributed by atoms with Gasteiger partial charge in [-0.3, -0.25) is 9.79 Å². The molecule has 1 N–H and O–H groups in total. The van der Waals surface area contributed by atoms with Gasteiger partial charge in [-0.15, -0.1) is 0 Å². The van der Waals surface area contributed by atoms with Crippen LogP contribution in [0, 0.1) is 11.8 Å². The second-order valence-electron chi connectivity index (χ2n) is 4.96. The third-order valence-corrected chi connectivity index (χ3v) is 3.30. The maximum Gasteiger partial charge on any atom is 0.310 e. The van der Waals surface area contributed by atoms with Crippen LogP contribution in [-0.4, -0.2) is 64.3 Å². The predicted octanol–water partition coefficient (Wildman–Crippen LogP) is 0.339. The molecule has 1 aliphatic rings. The van der Waals surface area contributed by atoms with E-state index in [2.05, 4.69) is 15.2 Å². The molecule has 1 heterocycles. The first-order valence-electron chi connectivity index (χ1n) is 6.65. The van der Waals surface area contributed by atoms with Gasteiger partial charge >= 0.3 is 5.97 Å². The van der Waals surface area contributed by atoms with Gasteiger partial charge in [0.2, 0.25) is 0 Å². The van der Waals surface area contributed by atoms with Crippen molar-refractivity contribution in [1.29, 1.82) is 0 Å². The fourth-order valence-corrected chi connectivity index (χ4v) is 2.11. The van der Waals surface area contributed by atoms with Gasteiger partial charge in [0.1, 0.15) is 0 Å². The van der Waals surface area contributed by atoms with E-state index in [0.29, 0.717) is 12.5 Å². The second-order valence-corrected chi connectivity index (χ2v) is 4.96. The van der Waals surface area contributed by atoms with Crippen LogP contribution >= 0.6 is 0 Å². The number of guanidine groups is 1. The molecule has 1 rings (SSSR count). The Morgan fingerprint density at radius 3 is 2.89 bits per heavy atom. The van der Waals surface area contributed by atoms with Crippen LogP contribution in [0.15, 0.2) is 4.99 Å². The number of esters is 1. The number of hydrogen-bond donors (Lipinski definition) is 1. The first-order valence-corrected chi connectivity index (χ1v) is 6.65. The van der Waals surface area contributed by atoms with Gasteiger partial charge in [0.25, 0.3) is 0 Å². The zero-order valence-corrected chi connectivity index (χ0v) is 12.3. The number of carbonyl (C=O) groups is 1. The zero-order valence-electron chi connectivity index (χ0n) is 12.3. The van der Waals surface area contributed by atoms with Crippen LogP contribution < -0.4 is 5.32 Å². The van der Waals surface area contributed by atoms with Gasteiger partial charge in [0.05, 0.1) is 19.6 Å². The normalized spacial score (nSPS) is 21.1. The van der Waals surface area contributed by atoms with E-state index in [0.717, 1.165) is 32.1 Å². The fraction of sp³-hybridized carbons (Fsp3) is 0.846. The van der Waals surface area contributed by atoms with Gasteiger partial charge in [-0.25, -0.2) is 0 Å². The largest absolute Gasteiger partial charge is 0.469 e. The molecule has 19 heavy (non-hydrogen) atoms. The average molecular weight is 271 g/mol. The highest BCUT2D eigenvalue weighted by Gasteiger charge is 2.20. The number of rotatable bonds is 5. The van der Waals surface area contributed by atoms with Crippen LogP contribution in [0.1, 0.15) is 13.3 Å². The zero-order chi connectivity index (χ0) is 14.3. The number of nitrogens with zero attached hydrogens (tertiary/aromatic N) is 2. The molecule has 1 aliphatic heterocycles. The van der Waals surface area contributed by atoms with E-state index in [4.69, 9.17) is 9.47 Å². The van der Waals surface area contributed by atoms with E-state index in [1.807, 2.05) is 14.0 Å². The number of ether oxygens (including phenoxy) is 2. The van der Waals surface area contributed by atoms with Gasteiger partial charge in [-0.05, 0) is 6.42 Å². The Bertz CT molecular complexity index is 314. The highest BCUT2D eigenvalue weighted by Crippen LogP contribution is 2.13. The van der Waals surface area contributed by atoms with Crippen molar-refractivity contribution in [3.63, 3.8) is 0 Å². The number of hydrogen-bond acceptors (Lipinski definition) is 4. The quantitative estimate of drug-likeness (QED) is 0.444. The van der Waals surface area contributed by atoms with Gasteiger partial charge in [0, 0.05) is 39.7 Å². The molecule has 0 radical (unpaired) electrons. The fourth-order valence-electron chi connectivity index (χ4n) is 2.11. The molecule has 2 atom stereocenters. The van der Waals surface area contributed by atoms with Gasteiger partial charge < -0.3 is 19.7 Å². The molecule has 0 spiro atoms. The van der Waals surface area contributed by atoms with Crippen LogP contribution in [0.4, 0.5) is 0 Å². The maximum absolute atomic E-state index is 11.3. The summed E-state index contributed by atoms with van der Waals surface area (Å²) in [6.45, 7) is 4.93. The standard InChI is InChI=1S/C13H25N3O3/c1-10(12(17)18-4)7-15-13(14-2)16(3)8-11-5-6-19-9-11/h10-11H,5-9H2,1-4H3,(H,14,15). The Kier molecular flexibility index (Phi) is 6.62. The summed E-state index contributed by atoms with van der Waals surface area (Å²) in [7, 11) is 5.14. The van der Waals surface area contributed by atoms with E-state index < -0.39 is 0 Å². The molecule has 1 saturated heterocycles. The molecule has 0 aromatic carbocycles. The van der Waals surface area contributed by atoms with E-state index in [9.17, 15) is 4.79 Å². The highest BCUT2D eigenvalue weighted by atomic mass is 16.5. The molecular weight excluding hydrogens is 246 g/mol. The lowest BCUT2D eigenvalue weighted by molar-refractivity contribution is -0.144. The van der Waals surface area contributed by atoms with Crippen LogP contribution in [0.25, 0.3) is 0 Å². The molecule has 6 heteroatoms. The van der Waals surface area contributed by atoms with E-state index in [1.54, 1.807) is 7.05 Å². The van der Waals surface area contributed by atoms with Gasteiger partial charge in [0.15, 0.2) is 5.96 Å². The van der Waals surface area contributed by atoms with Gasteiger partial charge in [-0.2, -0.15) is 0 Å². The summed E-state index contributed by atoms with van der Waals surface area (Å²) in [6, 6.07) is 0. The van der Waals surface area contributed by atoms with Crippen molar-refractivity contribution >= 4 is 11.9 Å². The Balaban J connectivity index is 2.37. The molecule has 0 aromatic rings. The van der Waals surface area contributed by atoms with Crippen molar-refractivity contribution in [3.05, 3.63) is 0 Å². The van der Waals surface area contributed by atoms with Crippen LogP contribution in [-0.2, 0) is 14.3 Å². The Morgan fingerprint density at radius 1 is 1.63 bits per heavy atom. The van der Waals surface area contributed by atoms with Crippen molar-refractivity contribution in [2.75, 3.05) is 47.5 Å². The summed E-state index contributed by atoms with van der Waals surface area (Å²) in [4.78, 5) is 17.6. The van der Waals surface area contributed by atoms with Crippen molar-refractivity contribution in [2.45, 2.75) is 13.3 Å². The molecule has 2 unspecified atom stereocenters. The number of carbonyl (C=O) groups excluding carboxylic acids is 1. The minimum absolute atomic E-state index is 0.190. The highest BCUT2D eigenvalue weighted by molar-refractivity contribution is 5.80. The van der Waals surface area contributed by atoms with E-state index in [1.165, 1.54) is 7.11 Å². The van der Waals surface area contributed by atoms with E-state index >= 15 is 0 Å². The number of aliphatic imine (C=N–C) groups is 1. The molecule has 0 saturated carbocycles. The minimum atomic E-state index is -0.213. The van der Waals surface area contributed by atoms with Crippen molar-refractivity contribution < 1.29 is 14.3 Å². The molecule has 0 bridgehead atoms. The third kappa shape index (κ3) is 5.06. The topological polar surface area (TPSA) is 63.2 Å². The lowest BCUT2D eigenvalue weighted by atomic mass is 10.1. The molecule has 0 amide bonds. The summed E-state index contributed by atoms with van der Waals surface area (Å²) in [5, 5.41) is 3.19. The predicted molar refractivity (Wildman–Crippen MR) is 74.1 cm³/mol. The molecular formula is C13H25N3O3. The lowest BCUT2D eigenvalue weighted by Gasteiger charge is -2.25. The molecule has 110 valence electrons. The molecule has 6 nitrogen and oxygen atoms in total. The monoisotopic (exact) mass is 271 g/mol. The number of methoxy groups -OCH3 is 1. The van der Waals surface area contributed by atoms with Crippen LogP contribution in [0.3, 0.4) is 0 Å². The smallest absolute Gasteiger partial charge is 0.310 e. The third-order valence-electron chi connectivity index (χ3n) is 3.30. The van der Waals surface area contributed by atoms with Gasteiger partial charge in [-0.1, -0.05) is 6.92 Å². The Hall–Kier alpha value is -1.30. The van der Waals surface area contributed by atoms with Crippen molar-refractivity contribution in [1.82, 2.24) is 10.2 Å². The summed E-state index contributed by atoms with van der Waals surface area (Å²) >= 11 is 0. The van der Waals surface area contributed by atoms with E-state index in [-0.39, 0.29) is 11.9 Å². The SMILES string of the molecule is CN=C(NCC(C)C(=O)OC)N(C)CC1CCOC1. The van der Waals surface area contributed by atoms with Crippen LogP contribution in [0.5, 0.6) is 0 Å². The summed E-state index contributed by atoms with van der Waals surface area (Å²) < 4.78 is 10.1. The number of nitrogens with one attached hydrogen (secondary N) is 1. The Morgan fingerprint density at radius 2 is 2.37 bits per heavy atom. The first-order chi connectivity index (χ1) is 9.08. The van der Waals surface area contributed by atoms with Crippen molar-refractivity contribution in [2.24, 2.45) is 16.8 Å². The summed E-state index contributed by atoms with van der Waals surface area (Å²) in [5.74, 6) is 0.948. The molecule has 1 fully saturated rings. The summed E-state index contributed by atoms with van der Waals surface area (Å²) in [6.07, 6.45) is 1.10. The lowest BCUT2D eigenvalue weighted by Crippen LogP contribution is -2.43. The molecule has 0 aromatic heterocycles. The second kappa shape index (κ2) is 7.99. The summed E-state index contributed by atoms with van der Waals surface area (Å²) in [5.41, 5.74) is 0. The van der Waals surface area contributed by atoms with Crippen LogP contribution in [0.2, 0.25) is 0 Å². The first kappa shape index (κ1) is 15.8. The van der Waals surface area contributed by atoms with Crippen molar-refractivity contribution in [3.8, 4) is 0 Å². The minimum Gasteiger partial charge on any atom is -0.469 e. The molecule has 0 aliphatic carbocycles.